The van der Waals surface area contributed by atoms with E-state index in [0.717, 1.165) is 0 Å². The van der Waals surface area contributed by atoms with Gasteiger partial charge in [-0.05, 0) is 12.1 Å². The van der Waals surface area contributed by atoms with Crippen molar-refractivity contribution >= 4 is 28.5 Å². The van der Waals surface area contributed by atoms with Crippen molar-refractivity contribution < 1.29 is 23.8 Å². The second kappa shape index (κ2) is 6.72. The summed E-state index contributed by atoms with van der Waals surface area (Å²) in [6.45, 7) is 0. The predicted molar refractivity (Wildman–Crippen MR) is 93.8 cm³/mol. The highest BCUT2D eigenvalue weighted by atomic mass is 16.5. The van der Waals surface area contributed by atoms with Crippen LogP contribution in [0.2, 0.25) is 0 Å². The maximum atomic E-state index is 12.3. The first-order valence-corrected chi connectivity index (χ1v) is 7.61. The number of nitrogens with zero attached hydrogens (tertiary/aromatic N) is 3. The number of anilines is 1. The molecule has 3 N–H and O–H groups in total. The lowest BCUT2D eigenvalue weighted by molar-refractivity contribution is 0.0586. The maximum Gasteiger partial charge on any atom is 0.357 e. The van der Waals surface area contributed by atoms with Gasteiger partial charge in [0.25, 0.3) is 0 Å². The van der Waals surface area contributed by atoms with Gasteiger partial charge in [0.15, 0.2) is 11.4 Å². The van der Waals surface area contributed by atoms with Gasteiger partial charge in [-0.25, -0.2) is 9.59 Å². The van der Waals surface area contributed by atoms with Crippen molar-refractivity contribution in [2.75, 3.05) is 27.1 Å². The van der Waals surface area contributed by atoms with Crippen molar-refractivity contribution in [1.29, 1.82) is 5.26 Å². The molecule has 0 saturated heterocycles. The summed E-state index contributed by atoms with van der Waals surface area (Å²) in [6, 6.07) is 5.15. The summed E-state index contributed by atoms with van der Waals surface area (Å²) in [4.78, 5) is 24.4. The van der Waals surface area contributed by atoms with Crippen molar-refractivity contribution in [1.82, 2.24) is 14.8 Å². The molecule has 2 heterocycles. The van der Waals surface area contributed by atoms with E-state index in [0.29, 0.717) is 22.3 Å². The van der Waals surface area contributed by atoms with Crippen LogP contribution in [-0.4, -0.2) is 48.0 Å². The Bertz CT molecular complexity index is 1110. The molecule has 0 aliphatic rings. The number of aromatic nitrogens is 3. The first-order valence-electron chi connectivity index (χ1n) is 7.61. The maximum absolute atomic E-state index is 12.3. The Morgan fingerprint density at radius 1 is 1.22 bits per heavy atom. The normalized spacial score (nSPS) is 10.4. The zero-order valence-electron chi connectivity index (χ0n) is 14.7. The minimum atomic E-state index is -0.735. The molecular weight excluding hydrogens is 354 g/mol. The molecule has 1 aromatic carbocycles. The molecule has 0 spiro atoms. The topological polar surface area (TPSA) is 145 Å². The Labute approximate surface area is 153 Å². The van der Waals surface area contributed by atoms with Crippen LogP contribution in [0.25, 0.3) is 16.6 Å². The first kappa shape index (κ1) is 17.8. The molecule has 138 valence electrons. The van der Waals surface area contributed by atoms with Crippen molar-refractivity contribution in [3.8, 4) is 17.5 Å². The van der Waals surface area contributed by atoms with Crippen LogP contribution in [0.1, 0.15) is 26.5 Å². The number of hydrogen-bond acceptors (Lipinski definition) is 8. The summed E-state index contributed by atoms with van der Waals surface area (Å²) in [6.07, 6.45) is 1.39. The van der Waals surface area contributed by atoms with Crippen molar-refractivity contribution in [3.63, 3.8) is 0 Å². The Morgan fingerprint density at radius 3 is 2.52 bits per heavy atom. The van der Waals surface area contributed by atoms with Crippen molar-refractivity contribution in [2.45, 2.75) is 0 Å². The van der Waals surface area contributed by atoms with Gasteiger partial charge in [0.05, 0.1) is 43.7 Å². The molecule has 10 heteroatoms. The molecule has 0 aliphatic carbocycles. The number of carbonyl (C=O) groups excluding carboxylic acids is 2. The average molecular weight is 369 g/mol. The van der Waals surface area contributed by atoms with E-state index in [-0.39, 0.29) is 22.6 Å². The Kier molecular flexibility index (Phi) is 4.43. The summed E-state index contributed by atoms with van der Waals surface area (Å²) >= 11 is 0. The molecule has 3 rings (SSSR count). The molecule has 3 aromatic rings. The number of H-pyrrole nitrogens is 1. The van der Waals surface area contributed by atoms with Crippen LogP contribution in [0.15, 0.2) is 18.3 Å². The number of carbonyl (C=O) groups is 2. The first-order chi connectivity index (χ1) is 13.0. The molecular formula is C17H15N5O5. The smallest absolute Gasteiger partial charge is 0.357 e. The molecule has 0 unspecified atom stereocenters. The predicted octanol–water partition coefficient (Wildman–Crippen LogP) is 1.39. The third-order valence-corrected chi connectivity index (χ3v) is 4.06. The van der Waals surface area contributed by atoms with E-state index in [2.05, 4.69) is 10.2 Å². The Hall–Kier alpha value is -4.00. The highest BCUT2D eigenvalue weighted by Gasteiger charge is 2.26. The van der Waals surface area contributed by atoms with E-state index >= 15 is 0 Å². The molecule has 0 atom stereocenters. The number of esters is 2. The van der Waals surface area contributed by atoms with Crippen LogP contribution in [0.3, 0.4) is 0 Å². The molecule has 2 aromatic heterocycles. The highest BCUT2D eigenvalue weighted by Crippen LogP contribution is 2.34. The summed E-state index contributed by atoms with van der Waals surface area (Å²) in [7, 11) is 3.89. The van der Waals surface area contributed by atoms with Crippen LogP contribution >= 0.6 is 0 Å². The van der Waals surface area contributed by atoms with Gasteiger partial charge in [-0.1, -0.05) is 0 Å². The average Bonchev–Trinajstić information content (AvgIpc) is 3.27. The number of benzene rings is 1. The second-order valence-corrected chi connectivity index (χ2v) is 5.38. The van der Waals surface area contributed by atoms with Crippen molar-refractivity contribution in [3.05, 3.63) is 35.3 Å². The summed E-state index contributed by atoms with van der Waals surface area (Å²) in [5.74, 6) is -0.992. The zero-order valence-corrected chi connectivity index (χ0v) is 14.7. The molecule has 0 saturated carbocycles. The number of aromatic amines is 1. The minimum absolute atomic E-state index is 0.0311. The summed E-state index contributed by atoms with van der Waals surface area (Å²) < 4.78 is 16.2. The summed E-state index contributed by atoms with van der Waals surface area (Å²) in [5, 5.41) is 16.4. The monoisotopic (exact) mass is 369 g/mol. The van der Waals surface area contributed by atoms with Crippen LogP contribution in [-0.2, 0) is 9.47 Å². The number of ether oxygens (including phenoxy) is 3. The standard InChI is InChI=1S/C17H15N5O5/c1-25-10-5-4-9(11-13(10)20-21-14(11)16(23)26-2)22-7-8(6-18)12(19)15(22)17(24)27-3/h4-5,7H,19H2,1-3H3,(H,20,21). The van der Waals surface area contributed by atoms with Gasteiger partial charge in [0.1, 0.15) is 17.3 Å². The lowest BCUT2D eigenvalue weighted by Crippen LogP contribution is -2.12. The van der Waals surface area contributed by atoms with Gasteiger partial charge in [0.2, 0.25) is 0 Å². The summed E-state index contributed by atoms with van der Waals surface area (Å²) in [5.41, 5.74) is 6.73. The fourth-order valence-corrected chi connectivity index (χ4v) is 2.81. The van der Waals surface area contributed by atoms with Gasteiger partial charge in [-0.2, -0.15) is 10.4 Å². The molecule has 10 nitrogen and oxygen atoms in total. The zero-order chi connectivity index (χ0) is 19.7. The molecule has 0 fully saturated rings. The lowest BCUT2D eigenvalue weighted by Gasteiger charge is -2.12. The highest BCUT2D eigenvalue weighted by molar-refractivity contribution is 6.08. The van der Waals surface area contributed by atoms with Gasteiger partial charge in [0, 0.05) is 6.20 Å². The fourth-order valence-electron chi connectivity index (χ4n) is 2.81. The van der Waals surface area contributed by atoms with Crippen LogP contribution in [0, 0.1) is 11.3 Å². The van der Waals surface area contributed by atoms with E-state index in [1.165, 1.54) is 32.1 Å². The van der Waals surface area contributed by atoms with Gasteiger partial charge >= 0.3 is 11.9 Å². The number of rotatable bonds is 4. The molecule has 0 aliphatic heterocycles. The van der Waals surface area contributed by atoms with Gasteiger partial charge < -0.3 is 24.5 Å². The van der Waals surface area contributed by atoms with E-state index in [4.69, 9.17) is 19.9 Å². The largest absolute Gasteiger partial charge is 0.494 e. The van der Waals surface area contributed by atoms with Crippen LogP contribution in [0.4, 0.5) is 5.69 Å². The Morgan fingerprint density at radius 2 is 1.93 bits per heavy atom. The third-order valence-electron chi connectivity index (χ3n) is 4.06. The van der Waals surface area contributed by atoms with E-state index in [1.807, 2.05) is 6.07 Å². The molecule has 0 radical (unpaired) electrons. The SMILES string of the molecule is COC(=O)c1[nH]nc2c(OC)ccc(-n3cc(C#N)c(N)c3C(=O)OC)c12. The van der Waals surface area contributed by atoms with Crippen LogP contribution in [0.5, 0.6) is 5.75 Å². The molecule has 0 bridgehead atoms. The van der Waals surface area contributed by atoms with E-state index in [1.54, 1.807) is 12.1 Å². The molecule has 0 amide bonds. The van der Waals surface area contributed by atoms with E-state index < -0.39 is 11.9 Å². The third kappa shape index (κ3) is 2.62. The second-order valence-electron chi connectivity index (χ2n) is 5.38. The number of nitrogen functional groups attached to an aromatic ring is 1. The Balaban J connectivity index is 2.43. The van der Waals surface area contributed by atoms with E-state index in [9.17, 15) is 14.9 Å². The number of nitrogens with two attached hydrogens (primary N) is 1. The number of nitriles is 1. The number of nitrogens with one attached hydrogen (secondary N) is 1. The minimum Gasteiger partial charge on any atom is -0.494 e. The molecule has 27 heavy (non-hydrogen) atoms. The number of fused-ring (bicyclic) bond motifs is 1. The fraction of sp³-hybridized carbons (Fsp3) is 0.176. The lowest BCUT2D eigenvalue weighted by atomic mass is 10.1. The van der Waals surface area contributed by atoms with Gasteiger partial charge in [-0.15, -0.1) is 0 Å². The number of methoxy groups -OCH3 is 3. The number of hydrogen-bond donors (Lipinski definition) is 2. The van der Waals surface area contributed by atoms with Crippen molar-refractivity contribution in [2.24, 2.45) is 0 Å². The van der Waals surface area contributed by atoms with Crippen LogP contribution < -0.4 is 10.5 Å². The quantitative estimate of drug-likeness (QED) is 0.656. The van der Waals surface area contributed by atoms with Gasteiger partial charge in [-0.3, -0.25) is 5.10 Å².